The molecule has 0 heterocycles. The van der Waals surface area contributed by atoms with Gasteiger partial charge in [0.1, 0.15) is 5.60 Å². The molecule has 0 fully saturated rings. The first kappa shape index (κ1) is 18.0. The lowest BCUT2D eigenvalue weighted by atomic mass is 9.93. The van der Waals surface area contributed by atoms with Gasteiger partial charge in [0.2, 0.25) is 0 Å². The highest BCUT2D eigenvalue weighted by molar-refractivity contribution is 5.94. The van der Waals surface area contributed by atoms with E-state index >= 15 is 0 Å². The Labute approximate surface area is 143 Å². The van der Waals surface area contributed by atoms with Crippen LogP contribution in [0.25, 0.3) is 0 Å². The van der Waals surface area contributed by atoms with Gasteiger partial charge in [0.15, 0.2) is 5.78 Å². The molecule has 0 aliphatic heterocycles. The zero-order valence-corrected chi connectivity index (χ0v) is 14.8. The van der Waals surface area contributed by atoms with E-state index in [2.05, 4.69) is 11.9 Å². The van der Waals surface area contributed by atoms with Crippen LogP contribution in [0.15, 0.2) is 48.1 Å². The fourth-order valence-electron chi connectivity index (χ4n) is 2.59. The molecular weight excluding hydrogens is 302 g/mol. The maximum absolute atomic E-state index is 12.2. The number of nitrogens with one attached hydrogen (secondary N) is 1. The molecule has 0 saturated heterocycles. The smallest absolute Gasteiger partial charge is 0.408 e. The van der Waals surface area contributed by atoms with Crippen LogP contribution >= 0.6 is 0 Å². The van der Waals surface area contributed by atoms with Crippen LogP contribution < -0.4 is 5.32 Å². The van der Waals surface area contributed by atoms with E-state index in [0.717, 1.165) is 22.3 Å². The van der Waals surface area contributed by atoms with Crippen molar-refractivity contribution in [1.29, 1.82) is 0 Å². The molecule has 24 heavy (non-hydrogen) atoms. The van der Waals surface area contributed by atoms with E-state index in [1.54, 1.807) is 6.08 Å². The number of aryl methyl sites for hydroxylation is 1. The summed E-state index contributed by atoms with van der Waals surface area (Å²) in [5, 5.41) is 2.89. The second-order valence-corrected chi connectivity index (χ2v) is 7.15. The van der Waals surface area contributed by atoms with E-state index < -0.39 is 17.7 Å². The maximum Gasteiger partial charge on any atom is 0.408 e. The number of alkyl carbamates (subject to hydrolysis) is 1. The normalized spacial score (nSPS) is 15.7. The summed E-state index contributed by atoms with van der Waals surface area (Å²) >= 11 is 0. The van der Waals surface area contributed by atoms with Crippen molar-refractivity contribution in [3.05, 3.63) is 59.2 Å². The molecule has 1 aromatic rings. The zero-order chi connectivity index (χ0) is 17.9. The monoisotopic (exact) mass is 327 g/mol. The highest BCUT2D eigenvalue weighted by atomic mass is 16.6. The Kier molecular flexibility index (Phi) is 5.27. The molecule has 1 atom stereocenters. The van der Waals surface area contributed by atoms with Crippen molar-refractivity contribution in [2.24, 2.45) is 0 Å². The largest absolute Gasteiger partial charge is 0.444 e. The molecular formula is C20H25NO3. The lowest BCUT2D eigenvalue weighted by Crippen LogP contribution is -2.35. The fraction of sp³-hybridized carbons (Fsp3) is 0.400. The maximum atomic E-state index is 12.2. The minimum absolute atomic E-state index is 0.103. The van der Waals surface area contributed by atoms with E-state index in [4.69, 9.17) is 4.74 Å². The second-order valence-electron chi connectivity index (χ2n) is 7.15. The van der Waals surface area contributed by atoms with Crippen molar-refractivity contribution in [1.82, 2.24) is 5.32 Å². The number of ether oxygens (including phenoxy) is 1. The van der Waals surface area contributed by atoms with E-state index in [-0.39, 0.29) is 5.78 Å². The number of carbonyl (C=O) groups excluding carboxylic acids is 2. The van der Waals surface area contributed by atoms with Crippen molar-refractivity contribution >= 4 is 11.9 Å². The topological polar surface area (TPSA) is 55.4 Å². The van der Waals surface area contributed by atoms with Gasteiger partial charge in [-0.2, -0.15) is 0 Å². The number of benzene rings is 1. The summed E-state index contributed by atoms with van der Waals surface area (Å²) in [4.78, 5) is 23.8. The Hall–Kier alpha value is -2.36. The highest BCUT2D eigenvalue weighted by Crippen LogP contribution is 2.32. The minimum atomic E-state index is -0.578. The summed E-state index contributed by atoms with van der Waals surface area (Å²) in [5.74, 6) is 0.103. The van der Waals surface area contributed by atoms with Crippen molar-refractivity contribution < 1.29 is 14.3 Å². The highest BCUT2D eigenvalue weighted by Gasteiger charge is 2.26. The van der Waals surface area contributed by atoms with E-state index in [1.807, 2.05) is 52.0 Å². The van der Waals surface area contributed by atoms with E-state index in [1.165, 1.54) is 0 Å². The van der Waals surface area contributed by atoms with Gasteiger partial charge in [-0.3, -0.25) is 4.79 Å². The quantitative estimate of drug-likeness (QED) is 0.891. The predicted molar refractivity (Wildman–Crippen MR) is 94.8 cm³/mol. The first-order valence-electron chi connectivity index (χ1n) is 8.14. The van der Waals surface area contributed by atoms with Crippen LogP contribution in [0.1, 0.15) is 50.8 Å². The van der Waals surface area contributed by atoms with Crippen LogP contribution in [0.5, 0.6) is 0 Å². The van der Waals surface area contributed by atoms with Gasteiger partial charge in [0, 0.05) is 6.42 Å². The first-order chi connectivity index (χ1) is 11.2. The third kappa shape index (κ3) is 4.82. The molecule has 0 aromatic heterocycles. The summed E-state index contributed by atoms with van der Waals surface area (Å²) in [7, 11) is 0. The van der Waals surface area contributed by atoms with E-state index in [0.29, 0.717) is 12.8 Å². The van der Waals surface area contributed by atoms with Crippen molar-refractivity contribution in [3.8, 4) is 0 Å². The third-order valence-corrected chi connectivity index (χ3v) is 3.81. The number of carbonyl (C=O) groups is 2. The SMILES string of the molecule is C=C(C1=CC(=O)CC1)C(NC(=O)OC(C)(C)C)c1ccc(C)cc1. The molecule has 4 nitrogen and oxygen atoms in total. The van der Waals surface area contributed by atoms with Gasteiger partial charge < -0.3 is 10.1 Å². The van der Waals surface area contributed by atoms with Crippen molar-refractivity contribution in [2.45, 2.75) is 52.2 Å². The van der Waals surface area contributed by atoms with Gasteiger partial charge in [0.05, 0.1) is 6.04 Å². The summed E-state index contributed by atoms with van der Waals surface area (Å²) in [6.07, 6.45) is 2.29. The Morgan fingerprint density at radius 2 is 1.83 bits per heavy atom. The molecule has 1 aliphatic carbocycles. The zero-order valence-electron chi connectivity index (χ0n) is 14.8. The molecule has 4 heteroatoms. The van der Waals surface area contributed by atoms with E-state index in [9.17, 15) is 9.59 Å². The average molecular weight is 327 g/mol. The molecule has 2 rings (SSSR count). The Morgan fingerprint density at radius 1 is 1.21 bits per heavy atom. The first-order valence-corrected chi connectivity index (χ1v) is 8.14. The van der Waals surface area contributed by atoms with Crippen LogP contribution in [0.3, 0.4) is 0 Å². The van der Waals surface area contributed by atoms with Crippen LogP contribution in [0.4, 0.5) is 4.79 Å². The number of hydrogen-bond donors (Lipinski definition) is 1. The molecule has 1 unspecified atom stereocenters. The third-order valence-electron chi connectivity index (χ3n) is 3.81. The van der Waals surface area contributed by atoms with Gasteiger partial charge >= 0.3 is 6.09 Å². The van der Waals surface area contributed by atoms with Crippen LogP contribution in [-0.2, 0) is 9.53 Å². The van der Waals surface area contributed by atoms with Crippen molar-refractivity contribution in [2.75, 3.05) is 0 Å². The minimum Gasteiger partial charge on any atom is -0.444 e. The fourth-order valence-corrected chi connectivity index (χ4v) is 2.59. The molecule has 1 aliphatic rings. The lowest BCUT2D eigenvalue weighted by Gasteiger charge is -2.26. The number of hydrogen-bond acceptors (Lipinski definition) is 3. The Morgan fingerprint density at radius 3 is 2.33 bits per heavy atom. The number of rotatable bonds is 4. The molecule has 0 bridgehead atoms. The molecule has 1 aromatic carbocycles. The van der Waals surface area contributed by atoms with Gasteiger partial charge in [-0.15, -0.1) is 0 Å². The summed E-state index contributed by atoms with van der Waals surface area (Å²) in [6.45, 7) is 11.6. The molecule has 0 radical (unpaired) electrons. The molecule has 1 amide bonds. The predicted octanol–water partition coefficient (Wildman–Crippen LogP) is 4.41. The average Bonchev–Trinajstić information content (AvgIpc) is 2.90. The molecule has 1 N–H and O–H groups in total. The summed E-state index contributed by atoms with van der Waals surface area (Å²) in [6, 6.07) is 7.47. The molecule has 128 valence electrons. The van der Waals surface area contributed by atoms with Crippen LogP contribution in [0.2, 0.25) is 0 Å². The van der Waals surface area contributed by atoms with Gasteiger partial charge in [-0.1, -0.05) is 36.4 Å². The van der Waals surface area contributed by atoms with Gasteiger partial charge in [-0.25, -0.2) is 4.79 Å². The number of allylic oxidation sites excluding steroid dienone is 1. The lowest BCUT2D eigenvalue weighted by molar-refractivity contribution is -0.114. The number of ketones is 1. The van der Waals surface area contributed by atoms with Crippen molar-refractivity contribution in [3.63, 3.8) is 0 Å². The van der Waals surface area contributed by atoms with Gasteiger partial charge in [-0.05, 0) is 56.9 Å². The summed E-state index contributed by atoms with van der Waals surface area (Å²) in [5.41, 5.74) is 3.09. The van der Waals surface area contributed by atoms with Crippen LogP contribution in [-0.4, -0.2) is 17.5 Å². The standard InChI is InChI=1S/C20H25NO3/c1-13-6-8-15(9-7-13)18(21-19(23)24-20(3,4)5)14(2)16-10-11-17(22)12-16/h6-9,12,18H,2,10-11H2,1,3-5H3,(H,21,23). The molecule has 0 saturated carbocycles. The van der Waals surface area contributed by atoms with Gasteiger partial charge in [0.25, 0.3) is 0 Å². The summed E-state index contributed by atoms with van der Waals surface area (Å²) < 4.78 is 5.37. The number of amides is 1. The van der Waals surface area contributed by atoms with Crippen LogP contribution in [0, 0.1) is 6.92 Å². The molecule has 0 spiro atoms. The Bertz CT molecular complexity index is 678. The second kappa shape index (κ2) is 7.04. The Balaban J connectivity index is 2.26.